The van der Waals surface area contributed by atoms with Gasteiger partial charge < -0.3 is 15.2 Å². The van der Waals surface area contributed by atoms with Gasteiger partial charge in [0, 0.05) is 11.4 Å². The molecule has 1 rings (SSSR count). The SMILES string of the molecule is COc1sc(CNCC(C)CC(C)O)cc1Br. The Hall–Kier alpha value is -0.100. The lowest BCUT2D eigenvalue weighted by Gasteiger charge is -2.13. The van der Waals surface area contributed by atoms with Gasteiger partial charge in [-0.2, -0.15) is 0 Å². The molecule has 3 nitrogen and oxygen atoms in total. The first-order valence-electron chi connectivity index (χ1n) is 5.74. The maximum atomic E-state index is 9.26. The van der Waals surface area contributed by atoms with Gasteiger partial charge in [0.1, 0.15) is 0 Å². The van der Waals surface area contributed by atoms with Crippen LogP contribution >= 0.6 is 27.3 Å². The van der Waals surface area contributed by atoms with E-state index in [1.54, 1.807) is 18.4 Å². The van der Waals surface area contributed by atoms with Crippen molar-refractivity contribution in [2.75, 3.05) is 13.7 Å². The number of thiophene rings is 1. The molecular formula is C12H20BrNO2S. The van der Waals surface area contributed by atoms with E-state index in [0.717, 1.165) is 29.0 Å². The number of hydrogen-bond donors (Lipinski definition) is 2. The summed E-state index contributed by atoms with van der Waals surface area (Å²) in [5.41, 5.74) is 0. The van der Waals surface area contributed by atoms with E-state index in [2.05, 4.69) is 34.2 Å². The fraction of sp³-hybridized carbons (Fsp3) is 0.667. The predicted octanol–water partition coefficient (Wildman–Crippen LogP) is 3.02. The van der Waals surface area contributed by atoms with E-state index in [9.17, 15) is 5.11 Å². The van der Waals surface area contributed by atoms with E-state index in [-0.39, 0.29) is 6.10 Å². The quantitative estimate of drug-likeness (QED) is 0.811. The molecule has 0 saturated carbocycles. The molecule has 0 radical (unpaired) electrons. The van der Waals surface area contributed by atoms with Crippen LogP contribution in [-0.2, 0) is 6.54 Å². The molecule has 1 heterocycles. The molecule has 2 atom stereocenters. The summed E-state index contributed by atoms with van der Waals surface area (Å²) in [5, 5.41) is 13.6. The van der Waals surface area contributed by atoms with Crippen LogP contribution < -0.4 is 10.1 Å². The van der Waals surface area contributed by atoms with Crippen molar-refractivity contribution in [1.82, 2.24) is 5.32 Å². The molecule has 17 heavy (non-hydrogen) atoms. The van der Waals surface area contributed by atoms with Crippen LogP contribution in [0.5, 0.6) is 5.06 Å². The lowest BCUT2D eigenvalue weighted by molar-refractivity contribution is 0.163. The third kappa shape index (κ3) is 5.38. The summed E-state index contributed by atoms with van der Waals surface area (Å²) in [6, 6.07) is 2.08. The number of hydrogen-bond acceptors (Lipinski definition) is 4. The molecule has 98 valence electrons. The Kier molecular flexibility index (Phi) is 6.48. The van der Waals surface area contributed by atoms with Gasteiger partial charge in [-0.15, -0.1) is 11.3 Å². The molecule has 0 saturated heterocycles. The van der Waals surface area contributed by atoms with Crippen molar-refractivity contribution in [1.29, 1.82) is 0 Å². The summed E-state index contributed by atoms with van der Waals surface area (Å²) in [7, 11) is 1.68. The Balaban J connectivity index is 2.30. The fourth-order valence-corrected chi connectivity index (χ4v) is 3.39. The van der Waals surface area contributed by atoms with Crippen LogP contribution in [0.25, 0.3) is 0 Å². The van der Waals surface area contributed by atoms with E-state index in [0.29, 0.717) is 5.92 Å². The second-order valence-corrected chi connectivity index (χ2v) is 6.33. The zero-order valence-electron chi connectivity index (χ0n) is 10.5. The first kappa shape index (κ1) is 15.0. The van der Waals surface area contributed by atoms with Crippen molar-refractivity contribution in [2.24, 2.45) is 5.92 Å². The molecule has 1 aromatic heterocycles. The minimum absolute atomic E-state index is 0.220. The molecule has 0 aromatic carbocycles. The highest BCUT2D eigenvalue weighted by Crippen LogP contribution is 2.34. The third-order valence-corrected chi connectivity index (χ3v) is 4.38. The standard InChI is InChI=1S/C12H20BrNO2S/c1-8(4-9(2)15)6-14-7-10-5-11(13)12(16-3)17-10/h5,8-9,14-15H,4,6-7H2,1-3H3. The maximum Gasteiger partial charge on any atom is 0.188 e. The van der Waals surface area contributed by atoms with Crippen molar-refractivity contribution in [3.8, 4) is 5.06 Å². The van der Waals surface area contributed by atoms with E-state index >= 15 is 0 Å². The number of nitrogens with one attached hydrogen (secondary N) is 1. The smallest absolute Gasteiger partial charge is 0.188 e. The molecule has 0 spiro atoms. The second kappa shape index (κ2) is 7.36. The minimum Gasteiger partial charge on any atom is -0.486 e. The molecule has 0 bridgehead atoms. The van der Waals surface area contributed by atoms with Crippen LogP contribution in [0.2, 0.25) is 0 Å². The minimum atomic E-state index is -0.220. The van der Waals surface area contributed by atoms with Crippen LogP contribution in [-0.4, -0.2) is 24.9 Å². The number of rotatable bonds is 7. The Labute approximate surface area is 115 Å². The molecule has 0 amide bonds. The first-order valence-corrected chi connectivity index (χ1v) is 7.34. The molecule has 0 aliphatic carbocycles. The van der Waals surface area contributed by atoms with Crippen molar-refractivity contribution < 1.29 is 9.84 Å². The van der Waals surface area contributed by atoms with Crippen molar-refractivity contribution in [2.45, 2.75) is 32.9 Å². The van der Waals surface area contributed by atoms with Gasteiger partial charge in [-0.3, -0.25) is 0 Å². The number of aliphatic hydroxyl groups is 1. The van der Waals surface area contributed by atoms with E-state index in [4.69, 9.17) is 4.74 Å². The summed E-state index contributed by atoms with van der Waals surface area (Å²) in [6.45, 7) is 5.74. The van der Waals surface area contributed by atoms with Gasteiger partial charge in [-0.1, -0.05) is 6.92 Å². The van der Waals surface area contributed by atoms with Gasteiger partial charge in [-0.25, -0.2) is 0 Å². The number of methoxy groups -OCH3 is 1. The largest absolute Gasteiger partial charge is 0.486 e. The molecular weight excluding hydrogens is 302 g/mol. The molecule has 0 aliphatic rings. The van der Waals surface area contributed by atoms with Gasteiger partial charge in [0.2, 0.25) is 0 Å². The van der Waals surface area contributed by atoms with Crippen molar-refractivity contribution >= 4 is 27.3 Å². The van der Waals surface area contributed by atoms with Crippen LogP contribution in [0, 0.1) is 5.92 Å². The topological polar surface area (TPSA) is 41.5 Å². The van der Waals surface area contributed by atoms with Gasteiger partial charge in [0.15, 0.2) is 5.06 Å². The number of halogens is 1. The van der Waals surface area contributed by atoms with Gasteiger partial charge >= 0.3 is 0 Å². The van der Waals surface area contributed by atoms with Crippen LogP contribution in [0.4, 0.5) is 0 Å². The van der Waals surface area contributed by atoms with Gasteiger partial charge in [-0.05, 0) is 47.8 Å². The van der Waals surface area contributed by atoms with Crippen molar-refractivity contribution in [3.05, 3.63) is 15.4 Å². The summed E-state index contributed by atoms with van der Waals surface area (Å²) in [5.74, 6) is 0.486. The molecule has 1 aromatic rings. The molecule has 2 unspecified atom stereocenters. The number of ether oxygens (including phenoxy) is 1. The summed E-state index contributed by atoms with van der Waals surface area (Å²) in [4.78, 5) is 1.25. The summed E-state index contributed by atoms with van der Waals surface area (Å²) < 4.78 is 6.23. The highest BCUT2D eigenvalue weighted by Gasteiger charge is 2.08. The predicted molar refractivity (Wildman–Crippen MR) is 75.7 cm³/mol. The highest BCUT2D eigenvalue weighted by atomic mass is 79.9. The fourth-order valence-electron chi connectivity index (χ4n) is 1.73. The second-order valence-electron chi connectivity index (χ2n) is 4.37. The number of aliphatic hydroxyl groups excluding tert-OH is 1. The maximum absolute atomic E-state index is 9.26. The van der Waals surface area contributed by atoms with Crippen LogP contribution in [0.3, 0.4) is 0 Å². The van der Waals surface area contributed by atoms with E-state index in [1.165, 1.54) is 4.88 Å². The zero-order valence-corrected chi connectivity index (χ0v) is 12.9. The monoisotopic (exact) mass is 321 g/mol. The van der Waals surface area contributed by atoms with Gasteiger partial charge in [0.05, 0.1) is 17.7 Å². The zero-order chi connectivity index (χ0) is 12.8. The summed E-state index contributed by atoms with van der Waals surface area (Å²) >= 11 is 5.10. The van der Waals surface area contributed by atoms with Crippen molar-refractivity contribution in [3.63, 3.8) is 0 Å². The van der Waals surface area contributed by atoms with E-state index in [1.807, 2.05) is 6.92 Å². The summed E-state index contributed by atoms with van der Waals surface area (Å²) in [6.07, 6.45) is 0.618. The van der Waals surface area contributed by atoms with Crippen LogP contribution in [0.1, 0.15) is 25.1 Å². The Morgan fingerprint density at radius 1 is 1.53 bits per heavy atom. The molecule has 0 fully saturated rings. The average Bonchev–Trinajstić information content (AvgIpc) is 2.57. The lowest BCUT2D eigenvalue weighted by Crippen LogP contribution is -2.22. The lowest BCUT2D eigenvalue weighted by atomic mass is 10.1. The Morgan fingerprint density at radius 3 is 2.76 bits per heavy atom. The molecule has 2 N–H and O–H groups in total. The molecule has 5 heteroatoms. The average molecular weight is 322 g/mol. The molecule has 0 aliphatic heterocycles. The van der Waals surface area contributed by atoms with Crippen LogP contribution in [0.15, 0.2) is 10.5 Å². The Bertz CT molecular complexity index is 341. The normalized spacial score (nSPS) is 14.6. The van der Waals surface area contributed by atoms with E-state index < -0.39 is 0 Å². The highest BCUT2D eigenvalue weighted by molar-refractivity contribution is 9.10. The van der Waals surface area contributed by atoms with Gasteiger partial charge in [0.25, 0.3) is 0 Å². The first-order chi connectivity index (χ1) is 8.02. The third-order valence-electron chi connectivity index (χ3n) is 2.43. The Morgan fingerprint density at radius 2 is 2.24 bits per heavy atom.